The zero-order valence-corrected chi connectivity index (χ0v) is 18.2. The number of nitrogens with zero attached hydrogens (tertiary/aromatic N) is 7. The number of carbonyl (C=O) groups is 1. The molecule has 2 aromatic heterocycles. The minimum absolute atomic E-state index is 0.00518. The maximum Gasteiger partial charge on any atom is 0.416 e. The first-order valence-corrected chi connectivity index (χ1v) is 10.5. The molecule has 11 nitrogen and oxygen atoms in total. The van der Waals surface area contributed by atoms with Gasteiger partial charge in [0.2, 0.25) is 11.6 Å². The molecule has 4 rings (SSSR count). The summed E-state index contributed by atoms with van der Waals surface area (Å²) < 4.78 is 44.0. The maximum atomic E-state index is 12.8. The number of nitrogens with two attached hydrogens (primary N) is 1. The third-order valence-electron chi connectivity index (χ3n) is 5.54. The minimum atomic E-state index is -4.43. The number of rotatable bonds is 6. The molecule has 34 heavy (non-hydrogen) atoms. The number of nitrogen functional groups attached to an aromatic ring is 1. The zero-order chi connectivity index (χ0) is 24.3. The van der Waals surface area contributed by atoms with E-state index in [1.54, 1.807) is 0 Å². The van der Waals surface area contributed by atoms with Crippen molar-refractivity contribution < 1.29 is 22.6 Å². The standard InChI is InChI=1S/C20H22F3N9O2/c1-12-6-8-31(9-7-12)11-15-16(26-30-32(15)18-17(24)28-34-29-18)19(33)27-25-10-13-2-4-14(5-3-13)20(21,22)23/h2-5,10,12H,6-9,11H2,1H3,(H2,24,28)(H,27,33)/b25-10-. The van der Waals surface area contributed by atoms with Crippen LogP contribution in [0.25, 0.3) is 5.82 Å². The van der Waals surface area contributed by atoms with E-state index in [9.17, 15) is 18.0 Å². The Morgan fingerprint density at radius 3 is 2.59 bits per heavy atom. The topological polar surface area (TPSA) is 140 Å². The number of amides is 1. The molecular weight excluding hydrogens is 455 g/mol. The van der Waals surface area contributed by atoms with Gasteiger partial charge in [-0.25, -0.2) is 10.1 Å². The van der Waals surface area contributed by atoms with Crippen LogP contribution < -0.4 is 11.2 Å². The molecule has 1 aliphatic heterocycles. The van der Waals surface area contributed by atoms with Gasteiger partial charge in [0, 0.05) is 6.54 Å². The van der Waals surface area contributed by atoms with Gasteiger partial charge in [-0.15, -0.1) is 5.10 Å². The van der Waals surface area contributed by atoms with E-state index in [1.165, 1.54) is 23.0 Å². The summed E-state index contributed by atoms with van der Waals surface area (Å²) >= 11 is 0. The Morgan fingerprint density at radius 1 is 1.26 bits per heavy atom. The van der Waals surface area contributed by atoms with E-state index in [-0.39, 0.29) is 17.3 Å². The Kier molecular flexibility index (Phi) is 6.58. The van der Waals surface area contributed by atoms with Crippen molar-refractivity contribution >= 4 is 17.9 Å². The maximum absolute atomic E-state index is 12.8. The Labute approximate surface area is 191 Å². The molecule has 3 heterocycles. The first-order chi connectivity index (χ1) is 16.2. The second-order valence-electron chi connectivity index (χ2n) is 8.05. The highest BCUT2D eigenvalue weighted by Crippen LogP contribution is 2.29. The third kappa shape index (κ3) is 5.22. The number of likely N-dealkylation sites (tertiary alicyclic amines) is 1. The van der Waals surface area contributed by atoms with Gasteiger partial charge in [0.15, 0.2) is 5.69 Å². The molecule has 0 atom stereocenters. The quantitative estimate of drug-likeness (QED) is 0.407. The van der Waals surface area contributed by atoms with Crippen LogP contribution in [-0.4, -0.2) is 55.4 Å². The fourth-order valence-corrected chi connectivity index (χ4v) is 3.54. The Balaban J connectivity index is 1.52. The molecule has 0 saturated carbocycles. The number of halogens is 3. The SMILES string of the molecule is CC1CCN(Cc2c(C(=O)N/N=C\c3ccc(C(F)(F)F)cc3)nnn2-c2nonc2N)CC1. The van der Waals surface area contributed by atoms with Crippen molar-refractivity contribution in [3.05, 3.63) is 46.8 Å². The first-order valence-electron chi connectivity index (χ1n) is 10.5. The van der Waals surface area contributed by atoms with Gasteiger partial charge in [0.25, 0.3) is 5.91 Å². The fraction of sp³-hybridized carbons (Fsp3) is 0.400. The monoisotopic (exact) mass is 477 g/mol. The molecule has 0 unspecified atom stereocenters. The van der Waals surface area contributed by atoms with E-state index < -0.39 is 17.6 Å². The van der Waals surface area contributed by atoms with Crippen LogP contribution in [0.1, 0.15) is 47.1 Å². The average Bonchev–Trinajstić information content (AvgIpc) is 3.40. The first kappa shape index (κ1) is 23.4. The number of nitrogens with one attached hydrogen (secondary N) is 1. The second kappa shape index (κ2) is 9.59. The highest BCUT2D eigenvalue weighted by Gasteiger charge is 2.30. The lowest BCUT2D eigenvalue weighted by atomic mass is 9.99. The number of benzene rings is 1. The van der Waals surface area contributed by atoms with E-state index in [2.05, 4.69) is 47.6 Å². The Bertz CT molecular complexity index is 1160. The van der Waals surface area contributed by atoms with Gasteiger partial charge in [-0.1, -0.05) is 24.3 Å². The van der Waals surface area contributed by atoms with Crippen molar-refractivity contribution in [2.24, 2.45) is 11.0 Å². The number of aromatic nitrogens is 5. The molecule has 0 spiro atoms. The van der Waals surface area contributed by atoms with Gasteiger partial charge in [0.1, 0.15) is 0 Å². The van der Waals surface area contributed by atoms with Crippen LogP contribution in [0, 0.1) is 5.92 Å². The zero-order valence-electron chi connectivity index (χ0n) is 18.2. The summed E-state index contributed by atoms with van der Waals surface area (Å²) in [6.45, 7) is 4.23. The van der Waals surface area contributed by atoms with Gasteiger partial charge < -0.3 is 5.73 Å². The van der Waals surface area contributed by atoms with Gasteiger partial charge in [0.05, 0.1) is 17.5 Å². The smallest absolute Gasteiger partial charge is 0.378 e. The molecule has 14 heteroatoms. The number of hydrazone groups is 1. The highest BCUT2D eigenvalue weighted by atomic mass is 19.4. The molecule has 0 radical (unpaired) electrons. The van der Waals surface area contributed by atoms with Crippen LogP contribution in [0.15, 0.2) is 34.0 Å². The van der Waals surface area contributed by atoms with Gasteiger partial charge >= 0.3 is 6.18 Å². The van der Waals surface area contributed by atoms with Crippen molar-refractivity contribution in [2.75, 3.05) is 18.8 Å². The molecule has 1 amide bonds. The molecule has 1 fully saturated rings. The van der Waals surface area contributed by atoms with Crippen molar-refractivity contribution in [3.8, 4) is 5.82 Å². The van der Waals surface area contributed by atoms with Crippen LogP contribution in [0.2, 0.25) is 0 Å². The summed E-state index contributed by atoms with van der Waals surface area (Å²) in [5.41, 5.74) is 8.17. The van der Waals surface area contributed by atoms with E-state index in [4.69, 9.17) is 5.73 Å². The summed E-state index contributed by atoms with van der Waals surface area (Å²) in [7, 11) is 0. The molecular formula is C20H22F3N9O2. The third-order valence-corrected chi connectivity index (χ3v) is 5.54. The number of piperidine rings is 1. The molecule has 0 aliphatic carbocycles. The van der Waals surface area contributed by atoms with Gasteiger partial charge in [-0.2, -0.15) is 23.0 Å². The second-order valence-corrected chi connectivity index (χ2v) is 8.05. The number of hydrogen-bond donors (Lipinski definition) is 2. The molecule has 3 N–H and O–H groups in total. The van der Waals surface area contributed by atoms with Crippen molar-refractivity contribution in [1.82, 2.24) is 35.6 Å². The highest BCUT2D eigenvalue weighted by molar-refractivity contribution is 5.94. The summed E-state index contributed by atoms with van der Waals surface area (Å²) in [5.74, 6) is 0.0765. The predicted octanol–water partition coefficient (Wildman–Crippen LogP) is 2.25. The van der Waals surface area contributed by atoms with Crippen LogP contribution in [0.5, 0.6) is 0 Å². The number of hydrogen-bond acceptors (Lipinski definition) is 9. The molecule has 3 aromatic rings. The van der Waals surface area contributed by atoms with Gasteiger partial charge in [-0.3, -0.25) is 9.69 Å². The van der Waals surface area contributed by atoms with Crippen molar-refractivity contribution in [3.63, 3.8) is 0 Å². The fourth-order valence-electron chi connectivity index (χ4n) is 3.54. The summed E-state index contributed by atoms with van der Waals surface area (Å²) in [4.78, 5) is 15.0. The van der Waals surface area contributed by atoms with Crippen LogP contribution in [0.4, 0.5) is 19.0 Å². The molecule has 1 aliphatic rings. The lowest BCUT2D eigenvalue weighted by molar-refractivity contribution is -0.137. The minimum Gasteiger partial charge on any atom is -0.378 e. The van der Waals surface area contributed by atoms with E-state index >= 15 is 0 Å². The molecule has 1 saturated heterocycles. The molecule has 0 bridgehead atoms. The summed E-state index contributed by atoms with van der Waals surface area (Å²) in [6, 6.07) is 4.36. The molecule has 1 aromatic carbocycles. The van der Waals surface area contributed by atoms with Crippen molar-refractivity contribution in [2.45, 2.75) is 32.5 Å². The lowest BCUT2D eigenvalue weighted by Gasteiger charge is -2.30. The predicted molar refractivity (Wildman–Crippen MR) is 114 cm³/mol. The molecule has 180 valence electrons. The average molecular weight is 477 g/mol. The van der Waals surface area contributed by atoms with Crippen LogP contribution in [0.3, 0.4) is 0 Å². The number of carbonyl (C=O) groups excluding carboxylic acids is 1. The van der Waals surface area contributed by atoms with Crippen LogP contribution in [-0.2, 0) is 12.7 Å². The van der Waals surface area contributed by atoms with Crippen molar-refractivity contribution in [1.29, 1.82) is 0 Å². The van der Waals surface area contributed by atoms with E-state index in [0.29, 0.717) is 23.7 Å². The summed E-state index contributed by atoms with van der Waals surface area (Å²) in [5, 5.41) is 19.1. The largest absolute Gasteiger partial charge is 0.416 e. The Hall–Kier alpha value is -3.81. The van der Waals surface area contributed by atoms with E-state index in [1.807, 2.05) is 0 Å². The normalized spacial score (nSPS) is 15.8. The lowest BCUT2D eigenvalue weighted by Crippen LogP contribution is -2.34. The summed E-state index contributed by atoms with van der Waals surface area (Å²) in [6.07, 6.45) is -1.16. The van der Waals surface area contributed by atoms with Gasteiger partial charge in [-0.05, 0) is 59.9 Å². The Morgan fingerprint density at radius 2 is 1.97 bits per heavy atom. The number of alkyl halides is 3. The van der Waals surface area contributed by atoms with E-state index in [0.717, 1.165) is 38.1 Å². The number of anilines is 1. The van der Waals surface area contributed by atoms with Crippen LogP contribution >= 0.6 is 0 Å².